The Balaban J connectivity index is 2.51. The first kappa shape index (κ1) is 16.3. The number of fused-ring (bicyclic) bond motifs is 3. The largest absolute Gasteiger partial charge is 0.395 e. The van der Waals surface area contributed by atoms with Crippen LogP contribution in [0.25, 0.3) is 16.9 Å². The molecule has 0 aliphatic rings. The number of allylic oxidation sites excluding steroid dienone is 2. The van der Waals surface area contributed by atoms with Gasteiger partial charge in [-0.3, -0.25) is 18.3 Å². The molecule has 0 aliphatic heterocycles. The summed E-state index contributed by atoms with van der Waals surface area (Å²) in [6, 6.07) is 0. The number of imidazole rings is 2. The van der Waals surface area contributed by atoms with Gasteiger partial charge in [0, 0.05) is 31.5 Å². The fraction of sp³-hybridized carbons (Fsp3) is 0.438. The zero-order valence-electron chi connectivity index (χ0n) is 14.3. The summed E-state index contributed by atoms with van der Waals surface area (Å²) in [5.41, 5.74) is 1.79. The predicted octanol–water partition coefficient (Wildman–Crippen LogP) is 0.335. The second kappa shape index (κ2) is 5.79. The van der Waals surface area contributed by atoms with Crippen LogP contribution in [0.15, 0.2) is 21.7 Å². The van der Waals surface area contributed by atoms with E-state index in [-0.39, 0.29) is 18.7 Å². The molecule has 1 N–H and O–H groups in total. The van der Waals surface area contributed by atoms with Crippen molar-refractivity contribution < 1.29 is 5.11 Å². The van der Waals surface area contributed by atoms with Crippen LogP contribution >= 0.6 is 0 Å². The van der Waals surface area contributed by atoms with Gasteiger partial charge in [0.1, 0.15) is 0 Å². The molecule has 0 bridgehead atoms. The van der Waals surface area contributed by atoms with Crippen LogP contribution in [-0.4, -0.2) is 34.8 Å². The highest BCUT2D eigenvalue weighted by atomic mass is 16.3. The average Bonchev–Trinajstić information content (AvgIpc) is 3.05. The Hall–Kier alpha value is -2.61. The minimum absolute atomic E-state index is 0.0295. The summed E-state index contributed by atoms with van der Waals surface area (Å²) in [5, 5.41) is 9.30. The Labute approximate surface area is 137 Å². The van der Waals surface area contributed by atoms with E-state index in [0.717, 1.165) is 11.4 Å². The first-order valence-electron chi connectivity index (χ1n) is 7.83. The summed E-state index contributed by atoms with van der Waals surface area (Å²) in [6.07, 6.45) is 3.57. The number of aromatic nitrogens is 5. The van der Waals surface area contributed by atoms with Crippen molar-refractivity contribution in [2.45, 2.75) is 33.9 Å². The smallest absolute Gasteiger partial charge is 0.332 e. The lowest BCUT2D eigenvalue weighted by atomic mass is 10.3. The maximum Gasteiger partial charge on any atom is 0.332 e. The molecule has 0 atom stereocenters. The molecule has 24 heavy (non-hydrogen) atoms. The highest BCUT2D eigenvalue weighted by Crippen LogP contribution is 2.20. The second-order valence-corrected chi connectivity index (χ2v) is 5.79. The van der Waals surface area contributed by atoms with Crippen LogP contribution in [0.2, 0.25) is 0 Å². The molecule has 0 amide bonds. The molecular weight excluding hydrogens is 310 g/mol. The highest BCUT2D eigenvalue weighted by Gasteiger charge is 2.21. The van der Waals surface area contributed by atoms with Crippen molar-refractivity contribution in [3.05, 3.63) is 44.4 Å². The Morgan fingerprint density at radius 3 is 2.50 bits per heavy atom. The summed E-state index contributed by atoms with van der Waals surface area (Å²) < 4.78 is 6.23. The summed E-state index contributed by atoms with van der Waals surface area (Å²) in [4.78, 5) is 29.9. The van der Waals surface area contributed by atoms with Crippen molar-refractivity contribution in [1.82, 2.24) is 23.1 Å². The topological polar surface area (TPSA) is 86.5 Å². The van der Waals surface area contributed by atoms with Crippen LogP contribution in [0.5, 0.6) is 0 Å². The molecule has 3 heterocycles. The second-order valence-electron chi connectivity index (χ2n) is 5.79. The monoisotopic (exact) mass is 331 g/mol. The number of hydrogen-bond donors (Lipinski definition) is 1. The number of hydrogen-bond acceptors (Lipinski definition) is 4. The Morgan fingerprint density at radius 2 is 1.88 bits per heavy atom. The molecule has 0 aromatic carbocycles. The molecule has 8 nitrogen and oxygen atoms in total. The highest BCUT2D eigenvalue weighted by molar-refractivity contribution is 5.76. The van der Waals surface area contributed by atoms with Crippen LogP contribution in [-0.2, 0) is 20.1 Å². The lowest BCUT2D eigenvalue weighted by Gasteiger charge is -2.06. The maximum absolute atomic E-state index is 12.9. The first-order valence-corrected chi connectivity index (χ1v) is 7.83. The van der Waals surface area contributed by atoms with Gasteiger partial charge in [-0.15, -0.1) is 0 Å². The van der Waals surface area contributed by atoms with E-state index in [0.29, 0.717) is 23.5 Å². The van der Waals surface area contributed by atoms with Gasteiger partial charge in [0.15, 0.2) is 11.2 Å². The molecule has 8 heteroatoms. The molecular formula is C16H21N5O3. The third kappa shape index (κ3) is 2.06. The van der Waals surface area contributed by atoms with E-state index in [1.54, 1.807) is 23.6 Å². The van der Waals surface area contributed by atoms with E-state index < -0.39 is 5.69 Å². The van der Waals surface area contributed by atoms with E-state index >= 15 is 0 Å². The van der Waals surface area contributed by atoms with Crippen molar-refractivity contribution in [2.75, 3.05) is 6.61 Å². The summed E-state index contributed by atoms with van der Waals surface area (Å²) >= 11 is 0. The van der Waals surface area contributed by atoms with Crippen LogP contribution < -0.4 is 11.2 Å². The fourth-order valence-corrected chi connectivity index (χ4v) is 3.05. The van der Waals surface area contributed by atoms with Gasteiger partial charge >= 0.3 is 5.69 Å². The first-order chi connectivity index (χ1) is 11.4. The third-order valence-electron chi connectivity index (χ3n) is 4.48. The van der Waals surface area contributed by atoms with Gasteiger partial charge in [0.2, 0.25) is 5.78 Å². The van der Waals surface area contributed by atoms with Gasteiger partial charge in [-0.25, -0.2) is 4.79 Å². The standard InChI is InChI=1S/C16H21N5O3/c1-5-6-7-20-14(23)12-13(18(4)16(20)24)17-15-19(8-9-22)10(2)11(3)21(12)15/h5-6,22H,7-9H2,1-4H3/b6-5+. The van der Waals surface area contributed by atoms with Gasteiger partial charge in [-0.2, -0.15) is 4.98 Å². The summed E-state index contributed by atoms with van der Waals surface area (Å²) in [5.74, 6) is 0.560. The minimum atomic E-state index is -0.394. The Bertz CT molecular complexity index is 1080. The molecule has 0 unspecified atom stereocenters. The molecule has 0 aliphatic carbocycles. The molecule has 0 radical (unpaired) electrons. The van der Waals surface area contributed by atoms with Gasteiger partial charge in [0.25, 0.3) is 5.56 Å². The zero-order valence-corrected chi connectivity index (χ0v) is 14.3. The van der Waals surface area contributed by atoms with Crippen molar-refractivity contribution >= 4 is 16.9 Å². The van der Waals surface area contributed by atoms with Crippen molar-refractivity contribution in [2.24, 2.45) is 7.05 Å². The molecule has 0 fully saturated rings. The lowest BCUT2D eigenvalue weighted by Crippen LogP contribution is -2.39. The number of nitrogens with zero attached hydrogens (tertiary/aromatic N) is 5. The van der Waals surface area contributed by atoms with Crippen LogP contribution in [0.4, 0.5) is 0 Å². The SMILES string of the molecule is C/C=C/Cn1c(=O)c2c(nc3n(CCO)c(C)c(C)n23)n(C)c1=O. The lowest BCUT2D eigenvalue weighted by molar-refractivity contribution is 0.276. The fourth-order valence-electron chi connectivity index (χ4n) is 3.05. The third-order valence-corrected chi connectivity index (χ3v) is 4.48. The van der Waals surface area contributed by atoms with Gasteiger partial charge in [0.05, 0.1) is 6.61 Å². The van der Waals surface area contributed by atoms with E-state index in [1.165, 1.54) is 9.13 Å². The van der Waals surface area contributed by atoms with Crippen molar-refractivity contribution in [1.29, 1.82) is 0 Å². The number of rotatable bonds is 4. The zero-order chi connectivity index (χ0) is 17.6. The predicted molar refractivity (Wildman–Crippen MR) is 91.6 cm³/mol. The van der Waals surface area contributed by atoms with Gasteiger partial charge in [-0.05, 0) is 20.8 Å². The molecule has 3 aromatic rings. The van der Waals surface area contributed by atoms with Crippen molar-refractivity contribution in [3.8, 4) is 0 Å². The number of aliphatic hydroxyl groups is 1. The Morgan fingerprint density at radius 1 is 1.17 bits per heavy atom. The summed E-state index contributed by atoms with van der Waals surface area (Å²) in [7, 11) is 1.61. The molecule has 0 spiro atoms. The van der Waals surface area contributed by atoms with Gasteiger partial charge < -0.3 is 9.67 Å². The molecule has 3 rings (SSSR count). The Kier molecular flexibility index (Phi) is 3.92. The van der Waals surface area contributed by atoms with E-state index in [4.69, 9.17) is 0 Å². The minimum Gasteiger partial charge on any atom is -0.395 e. The quantitative estimate of drug-likeness (QED) is 0.698. The van der Waals surface area contributed by atoms with Crippen LogP contribution in [0.1, 0.15) is 18.3 Å². The molecule has 0 saturated heterocycles. The molecule has 3 aromatic heterocycles. The number of aryl methyl sites for hydroxylation is 2. The molecule has 128 valence electrons. The van der Waals surface area contributed by atoms with E-state index in [2.05, 4.69) is 4.98 Å². The maximum atomic E-state index is 12.9. The molecule has 0 saturated carbocycles. The van der Waals surface area contributed by atoms with E-state index in [1.807, 2.05) is 25.3 Å². The normalized spacial score (nSPS) is 12.2. The number of aliphatic hydroxyl groups excluding tert-OH is 1. The summed E-state index contributed by atoms with van der Waals surface area (Å²) in [6.45, 7) is 6.24. The van der Waals surface area contributed by atoms with Crippen LogP contribution in [0, 0.1) is 13.8 Å². The van der Waals surface area contributed by atoms with E-state index in [9.17, 15) is 14.7 Å². The van der Waals surface area contributed by atoms with Gasteiger partial charge in [-0.1, -0.05) is 12.2 Å². The average molecular weight is 331 g/mol. The van der Waals surface area contributed by atoms with Crippen LogP contribution in [0.3, 0.4) is 0 Å². The van der Waals surface area contributed by atoms with Crippen molar-refractivity contribution in [3.63, 3.8) is 0 Å².